The highest BCUT2D eigenvalue weighted by Crippen LogP contribution is 2.43. The highest BCUT2D eigenvalue weighted by Gasteiger charge is 2.35. The van der Waals surface area contributed by atoms with E-state index in [1.54, 1.807) is 16.2 Å². The van der Waals surface area contributed by atoms with Crippen LogP contribution >= 0.6 is 11.3 Å². The van der Waals surface area contributed by atoms with Crippen LogP contribution < -0.4 is 5.32 Å². The second-order valence-corrected chi connectivity index (χ2v) is 8.40. The van der Waals surface area contributed by atoms with E-state index in [1.807, 2.05) is 30.3 Å². The third kappa shape index (κ3) is 3.65. The molecule has 0 saturated heterocycles. The van der Waals surface area contributed by atoms with E-state index in [-0.39, 0.29) is 11.7 Å². The minimum Gasteiger partial charge on any atom is -0.312 e. The Labute approximate surface area is 173 Å². The molecule has 1 aliphatic rings. The molecule has 1 N–H and O–H groups in total. The summed E-state index contributed by atoms with van der Waals surface area (Å²) in [5.74, 6) is -1.25. The summed E-state index contributed by atoms with van der Waals surface area (Å²) in [5, 5.41) is 2.56. The van der Waals surface area contributed by atoms with E-state index < -0.39 is 17.7 Å². The van der Waals surface area contributed by atoms with Crippen LogP contribution in [0.15, 0.2) is 48.5 Å². The molecule has 3 aromatic rings. The van der Waals surface area contributed by atoms with Gasteiger partial charge in [0.05, 0.1) is 11.7 Å². The maximum Gasteiger partial charge on any atom is 0.322 e. The first kappa shape index (κ1) is 19.6. The summed E-state index contributed by atoms with van der Waals surface area (Å²) in [7, 11) is 0. The Kier molecular flexibility index (Phi) is 5.37. The average molecular weight is 413 g/mol. The number of hydrogen-bond donors (Lipinski definition) is 1. The van der Waals surface area contributed by atoms with E-state index in [0.29, 0.717) is 6.54 Å². The van der Waals surface area contributed by atoms with Gasteiger partial charge in [0.15, 0.2) is 0 Å². The van der Waals surface area contributed by atoms with Crippen LogP contribution in [0, 0.1) is 18.6 Å². The van der Waals surface area contributed by atoms with Gasteiger partial charge < -0.3 is 10.2 Å². The molecule has 29 heavy (non-hydrogen) atoms. The number of nitrogens with one attached hydrogen (secondary N) is 1. The third-order valence-electron chi connectivity index (χ3n) is 5.41. The van der Waals surface area contributed by atoms with Gasteiger partial charge in [0.2, 0.25) is 0 Å². The van der Waals surface area contributed by atoms with Crippen LogP contribution in [-0.4, -0.2) is 17.5 Å². The van der Waals surface area contributed by atoms with Crippen molar-refractivity contribution < 1.29 is 13.6 Å². The van der Waals surface area contributed by atoms with Crippen LogP contribution in [0.1, 0.15) is 39.4 Å². The first-order chi connectivity index (χ1) is 14.0. The number of aryl methyl sites for hydroxylation is 1. The van der Waals surface area contributed by atoms with Gasteiger partial charge in [-0.1, -0.05) is 37.3 Å². The van der Waals surface area contributed by atoms with Crippen molar-refractivity contribution in [3.63, 3.8) is 0 Å². The maximum atomic E-state index is 14.1. The van der Waals surface area contributed by atoms with Crippen molar-refractivity contribution >= 4 is 23.1 Å². The number of benzene rings is 2. The molecule has 0 unspecified atom stereocenters. The van der Waals surface area contributed by atoms with E-state index in [4.69, 9.17) is 0 Å². The minimum atomic E-state index is -0.658. The number of amides is 2. The third-order valence-corrected chi connectivity index (χ3v) is 6.65. The molecule has 0 radical (unpaired) electrons. The number of carbonyl (C=O) groups excluding carboxylic acids is 1. The lowest BCUT2D eigenvalue weighted by Crippen LogP contribution is -2.42. The molecule has 1 atom stereocenters. The van der Waals surface area contributed by atoms with Crippen molar-refractivity contribution in [2.45, 2.75) is 32.7 Å². The monoisotopic (exact) mass is 412 g/mol. The summed E-state index contributed by atoms with van der Waals surface area (Å²) in [6, 6.07) is 12.2. The molecule has 150 valence electrons. The lowest BCUT2D eigenvalue weighted by Gasteiger charge is -2.36. The van der Waals surface area contributed by atoms with Crippen LogP contribution in [0.5, 0.6) is 0 Å². The number of fused-ring (bicyclic) bond motifs is 1. The predicted octanol–water partition coefficient (Wildman–Crippen LogP) is 6.08. The van der Waals surface area contributed by atoms with Crippen LogP contribution in [-0.2, 0) is 12.8 Å². The summed E-state index contributed by atoms with van der Waals surface area (Å²) in [6.45, 7) is 4.79. The molecular weight excluding hydrogens is 390 g/mol. The zero-order chi connectivity index (χ0) is 20.5. The zero-order valence-electron chi connectivity index (χ0n) is 16.3. The molecule has 0 saturated carbocycles. The number of hydrogen-bond acceptors (Lipinski definition) is 2. The molecule has 0 fully saturated rings. The van der Waals surface area contributed by atoms with Crippen LogP contribution in [0.4, 0.5) is 19.3 Å². The zero-order valence-corrected chi connectivity index (χ0v) is 17.2. The number of nitrogens with zero attached hydrogens (tertiary/aromatic N) is 1. The van der Waals surface area contributed by atoms with E-state index in [2.05, 4.69) is 19.2 Å². The van der Waals surface area contributed by atoms with Gasteiger partial charge in [-0.15, -0.1) is 11.3 Å². The highest BCUT2D eigenvalue weighted by molar-refractivity contribution is 7.12. The van der Waals surface area contributed by atoms with Crippen molar-refractivity contribution in [1.29, 1.82) is 0 Å². The van der Waals surface area contributed by atoms with Gasteiger partial charge in [0.25, 0.3) is 0 Å². The maximum absolute atomic E-state index is 14.1. The smallest absolute Gasteiger partial charge is 0.312 e. The fraction of sp³-hybridized carbons (Fsp3) is 0.261. The number of carbonyl (C=O) groups is 1. The summed E-state index contributed by atoms with van der Waals surface area (Å²) in [6.07, 6.45) is 1.71. The number of thiophene rings is 1. The Morgan fingerprint density at radius 2 is 1.97 bits per heavy atom. The summed E-state index contributed by atoms with van der Waals surface area (Å²) in [4.78, 5) is 17.3. The highest BCUT2D eigenvalue weighted by atomic mass is 32.1. The van der Waals surface area contributed by atoms with E-state index in [0.717, 1.165) is 41.5 Å². The van der Waals surface area contributed by atoms with Gasteiger partial charge in [-0.25, -0.2) is 13.6 Å². The topological polar surface area (TPSA) is 32.3 Å². The van der Waals surface area contributed by atoms with Gasteiger partial charge >= 0.3 is 6.03 Å². The molecule has 2 amide bonds. The number of urea groups is 1. The second kappa shape index (κ2) is 7.95. The largest absolute Gasteiger partial charge is 0.322 e. The molecule has 4 rings (SSSR count). The van der Waals surface area contributed by atoms with Crippen molar-refractivity contribution in [1.82, 2.24) is 4.90 Å². The number of rotatable bonds is 3. The molecular formula is C23H22F2N2OS. The van der Waals surface area contributed by atoms with Gasteiger partial charge in [-0.2, -0.15) is 0 Å². The Bertz CT molecular complexity index is 1050. The van der Waals surface area contributed by atoms with Gasteiger partial charge in [0, 0.05) is 22.4 Å². The SMILES string of the molecule is CCc1c(C)sc2c1CCN(C(=O)Nc1cc(F)ccc1F)[C@H]2c1ccccc1. The summed E-state index contributed by atoms with van der Waals surface area (Å²) >= 11 is 1.72. The standard InChI is InChI=1S/C23H22F2N2OS/c1-3-17-14(2)29-22-18(17)11-12-27(21(22)15-7-5-4-6-8-15)23(28)26-20-13-16(24)9-10-19(20)25/h4-10,13,21H,3,11-12H2,1-2H3,(H,26,28)/t21-/m0/s1. The molecule has 6 heteroatoms. The first-order valence-corrected chi connectivity index (χ1v) is 10.5. The average Bonchev–Trinajstić information content (AvgIpc) is 3.05. The minimum absolute atomic E-state index is 0.149. The van der Waals surface area contributed by atoms with Gasteiger partial charge in [-0.05, 0) is 48.6 Å². The van der Waals surface area contributed by atoms with E-state index >= 15 is 0 Å². The number of halogens is 2. The Balaban J connectivity index is 1.73. The molecule has 1 aromatic heterocycles. The Morgan fingerprint density at radius 3 is 2.69 bits per heavy atom. The summed E-state index contributed by atoms with van der Waals surface area (Å²) < 4.78 is 27.6. The summed E-state index contributed by atoms with van der Waals surface area (Å²) in [5.41, 5.74) is 3.54. The Hall–Kier alpha value is -2.73. The van der Waals surface area contributed by atoms with Gasteiger partial charge in [0.1, 0.15) is 11.6 Å². The number of anilines is 1. The van der Waals surface area contributed by atoms with Crippen molar-refractivity contribution in [2.24, 2.45) is 0 Å². The predicted molar refractivity (Wildman–Crippen MR) is 113 cm³/mol. The fourth-order valence-electron chi connectivity index (χ4n) is 4.08. The van der Waals surface area contributed by atoms with Gasteiger partial charge in [-0.3, -0.25) is 0 Å². The lowest BCUT2D eigenvalue weighted by atomic mass is 9.92. The van der Waals surface area contributed by atoms with Crippen LogP contribution in [0.25, 0.3) is 0 Å². The Morgan fingerprint density at radius 1 is 1.21 bits per heavy atom. The molecule has 2 heterocycles. The quantitative estimate of drug-likeness (QED) is 0.556. The molecule has 3 nitrogen and oxygen atoms in total. The van der Waals surface area contributed by atoms with E-state index in [9.17, 15) is 13.6 Å². The molecule has 0 spiro atoms. The van der Waals surface area contributed by atoms with Crippen molar-refractivity contribution in [3.05, 3.63) is 86.6 Å². The fourth-order valence-corrected chi connectivity index (χ4v) is 5.52. The molecule has 1 aliphatic heterocycles. The first-order valence-electron chi connectivity index (χ1n) is 9.68. The molecule has 2 aromatic carbocycles. The second-order valence-electron chi connectivity index (χ2n) is 7.14. The molecule has 0 aliphatic carbocycles. The van der Waals surface area contributed by atoms with Crippen molar-refractivity contribution in [3.8, 4) is 0 Å². The van der Waals surface area contributed by atoms with Crippen LogP contribution in [0.2, 0.25) is 0 Å². The molecule has 0 bridgehead atoms. The van der Waals surface area contributed by atoms with Crippen LogP contribution in [0.3, 0.4) is 0 Å². The van der Waals surface area contributed by atoms with E-state index in [1.165, 1.54) is 16.0 Å². The normalized spacial score (nSPS) is 15.9. The van der Waals surface area contributed by atoms with Crippen molar-refractivity contribution in [2.75, 3.05) is 11.9 Å². The lowest BCUT2D eigenvalue weighted by molar-refractivity contribution is 0.195.